The van der Waals surface area contributed by atoms with Gasteiger partial charge in [-0.1, -0.05) is 0 Å². The van der Waals surface area contributed by atoms with Crippen LogP contribution >= 0.6 is 0 Å². The Bertz CT molecular complexity index is 50.9. The third kappa shape index (κ3) is 9.72. The summed E-state index contributed by atoms with van der Waals surface area (Å²) in [5.41, 5.74) is 0. The SMILES string of the molecule is C[N+](C)(C)CCO.[Li+]. The smallest absolute Gasteiger partial charge is 0.391 e. The van der Waals surface area contributed by atoms with Gasteiger partial charge < -0.3 is 9.59 Å². The fourth-order valence-corrected chi connectivity index (χ4v) is 0.300. The molecule has 0 aliphatic heterocycles. The first-order valence-electron chi connectivity index (χ1n) is 2.47. The van der Waals surface area contributed by atoms with Crippen molar-refractivity contribution in [1.82, 2.24) is 0 Å². The van der Waals surface area contributed by atoms with E-state index in [9.17, 15) is 0 Å². The molecule has 0 aromatic rings. The van der Waals surface area contributed by atoms with E-state index in [0.29, 0.717) is 0 Å². The van der Waals surface area contributed by atoms with Crippen LogP contribution in [0, 0.1) is 0 Å². The largest absolute Gasteiger partial charge is 1.00 e. The van der Waals surface area contributed by atoms with E-state index in [2.05, 4.69) is 21.1 Å². The van der Waals surface area contributed by atoms with Crippen molar-refractivity contribution in [2.24, 2.45) is 0 Å². The molecular weight excluding hydrogens is 97.0 g/mol. The minimum Gasteiger partial charge on any atom is -0.391 e. The van der Waals surface area contributed by atoms with Crippen LogP contribution in [0.2, 0.25) is 0 Å². The van der Waals surface area contributed by atoms with Crippen LogP contribution in [0.5, 0.6) is 0 Å². The second-order valence-electron chi connectivity index (χ2n) is 2.74. The third-order valence-corrected chi connectivity index (χ3v) is 0.771. The Hall–Kier alpha value is 0.517. The second kappa shape index (κ2) is 4.40. The first kappa shape index (κ1) is 11.3. The zero-order chi connectivity index (χ0) is 5.91. The molecule has 0 aliphatic carbocycles. The normalized spacial score (nSPS) is 10.5. The van der Waals surface area contributed by atoms with Crippen LogP contribution in [-0.2, 0) is 0 Å². The van der Waals surface area contributed by atoms with Gasteiger partial charge in [-0.15, -0.1) is 0 Å². The Balaban J connectivity index is 0. The van der Waals surface area contributed by atoms with E-state index in [-0.39, 0.29) is 25.5 Å². The van der Waals surface area contributed by atoms with Crippen LogP contribution in [0.25, 0.3) is 0 Å². The monoisotopic (exact) mass is 111 g/mol. The summed E-state index contributed by atoms with van der Waals surface area (Å²) in [4.78, 5) is 0. The van der Waals surface area contributed by atoms with Gasteiger partial charge in [0.1, 0.15) is 6.54 Å². The van der Waals surface area contributed by atoms with Gasteiger partial charge in [-0.3, -0.25) is 0 Å². The van der Waals surface area contributed by atoms with E-state index in [1.807, 2.05) is 0 Å². The average Bonchev–Trinajstić information content (AvgIpc) is 1.30. The Morgan fingerprint density at radius 1 is 1.25 bits per heavy atom. The van der Waals surface area contributed by atoms with Crippen LogP contribution in [0.3, 0.4) is 0 Å². The van der Waals surface area contributed by atoms with Crippen LogP contribution in [0.15, 0.2) is 0 Å². The van der Waals surface area contributed by atoms with Crippen LogP contribution < -0.4 is 18.9 Å². The minimum atomic E-state index is 0. The summed E-state index contributed by atoms with van der Waals surface area (Å²) in [6, 6.07) is 0. The summed E-state index contributed by atoms with van der Waals surface area (Å²) in [6.45, 7) is 1.11. The van der Waals surface area contributed by atoms with E-state index < -0.39 is 0 Å². The van der Waals surface area contributed by atoms with Crippen LogP contribution in [-0.4, -0.2) is 43.9 Å². The van der Waals surface area contributed by atoms with Gasteiger partial charge in [0.05, 0.1) is 27.7 Å². The van der Waals surface area contributed by atoms with E-state index in [1.54, 1.807) is 0 Å². The number of quaternary nitrogens is 1. The molecule has 0 saturated heterocycles. The topological polar surface area (TPSA) is 20.2 Å². The van der Waals surface area contributed by atoms with Gasteiger partial charge in [-0.05, 0) is 0 Å². The predicted octanol–water partition coefficient (Wildman–Crippen LogP) is -3.31. The molecule has 0 aromatic carbocycles. The van der Waals surface area contributed by atoms with Gasteiger partial charge >= 0.3 is 18.9 Å². The van der Waals surface area contributed by atoms with Crippen LogP contribution in [0.1, 0.15) is 0 Å². The van der Waals surface area contributed by atoms with Crippen molar-refractivity contribution in [3.8, 4) is 0 Å². The molecule has 0 bridgehead atoms. The third-order valence-electron chi connectivity index (χ3n) is 0.771. The average molecular weight is 111 g/mol. The van der Waals surface area contributed by atoms with Gasteiger partial charge in [0.2, 0.25) is 0 Å². The van der Waals surface area contributed by atoms with E-state index in [4.69, 9.17) is 5.11 Å². The molecule has 0 rings (SSSR count). The molecule has 0 fully saturated rings. The summed E-state index contributed by atoms with van der Waals surface area (Å²) >= 11 is 0. The molecule has 0 radical (unpaired) electrons. The molecule has 0 unspecified atom stereocenters. The molecule has 0 aliphatic rings. The molecule has 0 aromatic heterocycles. The van der Waals surface area contributed by atoms with E-state index >= 15 is 0 Å². The molecular formula is C5H14LiNO+2. The van der Waals surface area contributed by atoms with Gasteiger partial charge in [0, 0.05) is 0 Å². The minimum absolute atomic E-state index is 0. The Kier molecular flexibility index (Phi) is 6.23. The van der Waals surface area contributed by atoms with Gasteiger partial charge in [0.15, 0.2) is 0 Å². The molecule has 2 nitrogen and oxygen atoms in total. The first-order chi connectivity index (χ1) is 3.06. The van der Waals surface area contributed by atoms with Crippen molar-refractivity contribution in [2.75, 3.05) is 34.3 Å². The molecule has 0 amide bonds. The molecule has 3 heteroatoms. The van der Waals surface area contributed by atoms with E-state index in [1.165, 1.54) is 0 Å². The molecule has 0 atom stereocenters. The zero-order valence-electron chi connectivity index (χ0n) is 6.31. The molecule has 0 spiro atoms. The first-order valence-corrected chi connectivity index (χ1v) is 2.47. The maximum atomic E-state index is 8.39. The maximum Gasteiger partial charge on any atom is 1.00 e. The van der Waals surface area contributed by atoms with Crippen LogP contribution in [0.4, 0.5) is 0 Å². The second-order valence-corrected chi connectivity index (χ2v) is 2.74. The summed E-state index contributed by atoms with van der Waals surface area (Å²) in [5, 5.41) is 8.39. The summed E-state index contributed by atoms with van der Waals surface area (Å²) in [5.74, 6) is 0. The molecule has 1 N–H and O–H groups in total. The number of hydrogen-bond acceptors (Lipinski definition) is 1. The van der Waals surface area contributed by atoms with Crippen molar-refractivity contribution in [3.63, 3.8) is 0 Å². The number of aliphatic hydroxyl groups excluding tert-OH is 1. The number of aliphatic hydroxyl groups is 1. The standard InChI is InChI=1S/C5H14NO.Li/c1-6(2,3)4-5-7;/h7H,4-5H2,1-3H3;/q2*+1. The quantitative estimate of drug-likeness (QED) is 0.292. The fraction of sp³-hybridized carbons (Fsp3) is 1.00. The molecule has 0 heterocycles. The Morgan fingerprint density at radius 2 is 1.62 bits per heavy atom. The van der Waals surface area contributed by atoms with Gasteiger partial charge in [-0.25, -0.2) is 0 Å². The predicted molar refractivity (Wildman–Crippen MR) is 30.0 cm³/mol. The van der Waals surface area contributed by atoms with Crippen molar-refractivity contribution in [2.45, 2.75) is 0 Å². The Morgan fingerprint density at radius 3 is 1.62 bits per heavy atom. The number of likely N-dealkylation sites (N-methyl/N-ethyl adjacent to an activating group) is 1. The van der Waals surface area contributed by atoms with Crippen molar-refractivity contribution in [3.05, 3.63) is 0 Å². The number of hydrogen-bond donors (Lipinski definition) is 1. The Labute approximate surface area is 63.3 Å². The molecule has 44 valence electrons. The van der Waals surface area contributed by atoms with Gasteiger partial charge in [0.25, 0.3) is 0 Å². The molecule has 0 saturated carbocycles. The summed E-state index contributed by atoms with van der Waals surface area (Å²) in [6.07, 6.45) is 0. The van der Waals surface area contributed by atoms with Crippen molar-refractivity contribution < 1.29 is 28.5 Å². The zero-order valence-corrected chi connectivity index (χ0v) is 6.31. The molecule has 8 heavy (non-hydrogen) atoms. The number of nitrogens with zero attached hydrogens (tertiary/aromatic N) is 1. The van der Waals surface area contributed by atoms with Crippen molar-refractivity contribution >= 4 is 0 Å². The number of rotatable bonds is 2. The van der Waals surface area contributed by atoms with E-state index in [0.717, 1.165) is 11.0 Å². The fourth-order valence-electron chi connectivity index (χ4n) is 0.300. The summed E-state index contributed by atoms with van der Waals surface area (Å²) in [7, 11) is 6.16. The maximum absolute atomic E-state index is 8.39. The summed E-state index contributed by atoms with van der Waals surface area (Å²) < 4.78 is 0.844. The van der Waals surface area contributed by atoms with Gasteiger partial charge in [-0.2, -0.15) is 0 Å². The van der Waals surface area contributed by atoms with Crippen molar-refractivity contribution in [1.29, 1.82) is 0 Å².